The minimum Gasteiger partial charge on any atom is -0.274 e. The van der Waals surface area contributed by atoms with E-state index >= 15 is 0 Å². The number of allylic oxidation sites excluding steroid dienone is 4. The van der Waals surface area contributed by atoms with E-state index in [1.165, 1.54) is 103 Å². The number of rotatable bonds is 31. The summed E-state index contributed by atoms with van der Waals surface area (Å²) in [5.74, 6) is -1.10. The van der Waals surface area contributed by atoms with E-state index in [4.69, 9.17) is 0 Å². The highest BCUT2D eigenvalue weighted by Gasteiger charge is 2.26. The van der Waals surface area contributed by atoms with E-state index in [0.717, 1.165) is 69.1 Å². The Kier molecular flexibility index (Phi) is 32.7. The Bertz CT molecular complexity index is 666. The van der Waals surface area contributed by atoms with Crippen molar-refractivity contribution >= 4 is 33.7 Å². The Labute approximate surface area is 275 Å². The number of amides is 3. The third-order valence-electron chi connectivity index (χ3n) is 8.17. The maximum Gasteiger partial charge on any atom is 0.246 e. The van der Waals surface area contributed by atoms with Gasteiger partial charge in [0.2, 0.25) is 17.7 Å². The number of carbonyl (C=O) groups excluding carboxylic acids is 3. The molecule has 0 unspecified atom stereocenters. The van der Waals surface area contributed by atoms with Crippen LogP contribution < -0.4 is 0 Å². The van der Waals surface area contributed by atoms with Crippen LogP contribution in [0.25, 0.3) is 0 Å². The number of alkyl halides is 1. The number of hydrogen-bond acceptors (Lipinski definition) is 3. The van der Waals surface area contributed by atoms with Gasteiger partial charge >= 0.3 is 0 Å². The fraction of sp³-hybridized carbons (Fsp3) is 0.816. The molecule has 0 aliphatic rings. The van der Waals surface area contributed by atoms with Gasteiger partial charge in [0, 0.05) is 12.8 Å². The first-order chi connectivity index (χ1) is 21.1. The van der Waals surface area contributed by atoms with Gasteiger partial charge in [-0.15, -0.1) is 0 Å². The summed E-state index contributed by atoms with van der Waals surface area (Å²) in [5, 5.41) is 0.00320. The molecule has 0 saturated carbocycles. The first-order valence-electron chi connectivity index (χ1n) is 18.3. The van der Waals surface area contributed by atoms with Crippen LogP contribution in [0, 0.1) is 0 Å². The topological polar surface area (TPSA) is 54.5 Å². The van der Waals surface area contributed by atoms with Crippen molar-refractivity contribution in [3.05, 3.63) is 24.3 Å². The summed E-state index contributed by atoms with van der Waals surface area (Å²) in [7, 11) is 0. The van der Waals surface area contributed by atoms with Gasteiger partial charge in [0.15, 0.2) is 0 Å². The monoisotopic (exact) mass is 665 g/mol. The van der Waals surface area contributed by atoms with Crippen molar-refractivity contribution in [2.45, 2.75) is 194 Å². The lowest BCUT2D eigenvalue weighted by Crippen LogP contribution is -2.42. The van der Waals surface area contributed by atoms with E-state index in [9.17, 15) is 14.4 Å². The molecule has 0 spiro atoms. The van der Waals surface area contributed by atoms with Crippen molar-refractivity contribution < 1.29 is 14.4 Å². The second-order valence-electron chi connectivity index (χ2n) is 12.3. The van der Waals surface area contributed by atoms with Gasteiger partial charge in [-0.1, -0.05) is 157 Å². The molecular weight excluding hydrogens is 598 g/mol. The van der Waals surface area contributed by atoms with Gasteiger partial charge in [-0.25, -0.2) is 4.90 Å². The van der Waals surface area contributed by atoms with Crippen LogP contribution in [0.5, 0.6) is 0 Å². The fourth-order valence-corrected chi connectivity index (χ4v) is 5.65. The summed E-state index contributed by atoms with van der Waals surface area (Å²) in [5.41, 5.74) is 0. The van der Waals surface area contributed by atoms with Crippen LogP contribution >= 0.6 is 15.9 Å². The molecule has 0 rings (SSSR count). The molecular formula is C38H68BrNO3. The third kappa shape index (κ3) is 28.0. The number of nitrogens with zero attached hydrogens (tertiary/aromatic N) is 1. The van der Waals surface area contributed by atoms with E-state index < -0.39 is 5.91 Å². The smallest absolute Gasteiger partial charge is 0.246 e. The van der Waals surface area contributed by atoms with Crippen LogP contribution in [0.4, 0.5) is 0 Å². The Morgan fingerprint density at radius 1 is 0.419 bits per heavy atom. The molecule has 43 heavy (non-hydrogen) atoms. The number of hydrogen-bond donors (Lipinski definition) is 0. The molecule has 0 fully saturated rings. The Balaban J connectivity index is 3.87. The molecule has 4 nitrogen and oxygen atoms in total. The molecule has 0 N–H and O–H groups in total. The van der Waals surface area contributed by atoms with E-state index in [1.807, 2.05) is 0 Å². The zero-order valence-corrected chi connectivity index (χ0v) is 30.0. The predicted molar refractivity (Wildman–Crippen MR) is 190 cm³/mol. The van der Waals surface area contributed by atoms with E-state index in [1.54, 1.807) is 0 Å². The summed E-state index contributed by atoms with van der Waals surface area (Å²) in [6, 6.07) is 0. The molecule has 0 aromatic carbocycles. The molecule has 0 heterocycles. The molecule has 0 aliphatic heterocycles. The number of halogens is 1. The molecule has 0 radical (unpaired) electrons. The Hall–Kier alpha value is -1.23. The molecule has 0 aromatic heterocycles. The SMILES string of the molecule is CCCCCCCCC=CCCCCCCCC(=O)N(C(=O)CBr)C(=O)CCCCCCCC=CCCCCCCCC. The number of carbonyl (C=O) groups is 3. The van der Waals surface area contributed by atoms with Crippen molar-refractivity contribution in [1.29, 1.82) is 0 Å². The highest BCUT2D eigenvalue weighted by atomic mass is 79.9. The maximum absolute atomic E-state index is 12.7. The summed E-state index contributed by atoms with van der Waals surface area (Å²) < 4.78 is 0. The van der Waals surface area contributed by atoms with Crippen LogP contribution in [0.15, 0.2) is 24.3 Å². The lowest BCUT2D eigenvalue weighted by atomic mass is 10.1. The van der Waals surface area contributed by atoms with Gasteiger partial charge < -0.3 is 0 Å². The fourth-order valence-electron chi connectivity index (χ4n) is 5.39. The zero-order chi connectivity index (χ0) is 31.6. The minimum absolute atomic E-state index is 0.00320. The molecule has 0 atom stereocenters. The van der Waals surface area contributed by atoms with Crippen LogP contribution in [-0.4, -0.2) is 28.0 Å². The first-order valence-corrected chi connectivity index (χ1v) is 19.4. The van der Waals surface area contributed by atoms with Gasteiger partial charge in [-0.3, -0.25) is 14.4 Å². The van der Waals surface area contributed by atoms with Gasteiger partial charge in [-0.05, 0) is 64.2 Å². The average molecular weight is 667 g/mol. The van der Waals surface area contributed by atoms with Crippen LogP contribution in [0.3, 0.4) is 0 Å². The largest absolute Gasteiger partial charge is 0.274 e. The average Bonchev–Trinajstić information content (AvgIpc) is 3.01. The quantitative estimate of drug-likeness (QED) is 0.0420. The number of unbranched alkanes of at least 4 members (excludes halogenated alkanes) is 22. The van der Waals surface area contributed by atoms with Gasteiger partial charge in [0.05, 0.1) is 5.33 Å². The van der Waals surface area contributed by atoms with Crippen molar-refractivity contribution in [2.24, 2.45) is 0 Å². The van der Waals surface area contributed by atoms with Gasteiger partial charge in [-0.2, -0.15) is 0 Å². The van der Waals surface area contributed by atoms with Gasteiger partial charge in [0.1, 0.15) is 0 Å². The normalized spacial score (nSPS) is 11.6. The summed E-state index contributed by atoms with van der Waals surface area (Å²) in [6.45, 7) is 4.52. The van der Waals surface area contributed by atoms with Crippen LogP contribution in [0.1, 0.15) is 194 Å². The standard InChI is InChI=1S/C38H68BrNO3/c1-3-5-7-9-11-13-15-17-19-21-23-25-27-29-31-33-36(41)40(38(43)35-39)37(42)34-32-30-28-26-24-22-20-18-16-14-12-10-8-6-4-2/h17-20H,3-16,21-35H2,1-2H3. The summed E-state index contributed by atoms with van der Waals surface area (Å²) in [6.07, 6.45) is 41.0. The Morgan fingerprint density at radius 2 is 0.698 bits per heavy atom. The first kappa shape index (κ1) is 41.8. The minimum atomic E-state index is -0.435. The molecule has 250 valence electrons. The zero-order valence-electron chi connectivity index (χ0n) is 28.4. The number of imide groups is 3. The van der Waals surface area contributed by atoms with Crippen LogP contribution in [0.2, 0.25) is 0 Å². The molecule has 0 aromatic rings. The van der Waals surface area contributed by atoms with Crippen molar-refractivity contribution in [3.8, 4) is 0 Å². The second kappa shape index (κ2) is 33.7. The summed E-state index contributed by atoms with van der Waals surface area (Å²) in [4.78, 5) is 38.7. The molecule has 0 saturated heterocycles. The predicted octanol–water partition coefficient (Wildman–Crippen LogP) is 12.3. The van der Waals surface area contributed by atoms with Crippen LogP contribution in [-0.2, 0) is 14.4 Å². The van der Waals surface area contributed by atoms with Crippen molar-refractivity contribution in [1.82, 2.24) is 4.90 Å². The second-order valence-corrected chi connectivity index (χ2v) is 12.9. The molecule has 0 bridgehead atoms. The van der Waals surface area contributed by atoms with E-state index in [0.29, 0.717) is 0 Å². The molecule has 3 amide bonds. The maximum atomic E-state index is 12.7. The highest BCUT2D eigenvalue weighted by molar-refractivity contribution is 9.09. The van der Waals surface area contributed by atoms with E-state index in [-0.39, 0.29) is 30.0 Å². The summed E-state index contributed by atoms with van der Waals surface area (Å²) >= 11 is 3.14. The molecule has 5 heteroatoms. The highest BCUT2D eigenvalue weighted by Crippen LogP contribution is 2.14. The van der Waals surface area contributed by atoms with Gasteiger partial charge in [0.25, 0.3) is 0 Å². The third-order valence-corrected chi connectivity index (χ3v) is 8.65. The lowest BCUT2D eigenvalue weighted by Gasteiger charge is -2.18. The molecule has 0 aliphatic carbocycles. The lowest BCUT2D eigenvalue weighted by molar-refractivity contribution is -0.153. The Morgan fingerprint density at radius 3 is 1.00 bits per heavy atom. The van der Waals surface area contributed by atoms with E-state index in [2.05, 4.69) is 54.1 Å². The van der Waals surface area contributed by atoms with Crippen molar-refractivity contribution in [2.75, 3.05) is 5.33 Å². The van der Waals surface area contributed by atoms with Crippen molar-refractivity contribution in [3.63, 3.8) is 0 Å².